The monoisotopic (exact) mass is 290 g/mol. The van der Waals surface area contributed by atoms with E-state index in [0.29, 0.717) is 10.5 Å². The molecule has 2 rings (SSSR count). The predicted octanol–water partition coefficient (Wildman–Crippen LogP) is 4.20. The second-order valence-electron chi connectivity index (χ2n) is 4.19. The minimum absolute atomic E-state index is 0.640. The van der Waals surface area contributed by atoms with E-state index in [1.807, 2.05) is 21.6 Å². The van der Waals surface area contributed by atoms with Crippen molar-refractivity contribution in [2.45, 2.75) is 10.5 Å². The first kappa shape index (κ1) is 13.3. The largest absolute Gasteiger partial charge is 0.161 e. The molecule has 2 aliphatic rings. The molecule has 0 aromatic rings. The summed E-state index contributed by atoms with van der Waals surface area (Å²) < 4.78 is 0. The van der Waals surface area contributed by atoms with Crippen LogP contribution in [0.4, 0.5) is 0 Å². The number of hydrogen-bond acceptors (Lipinski definition) is 4. The summed E-state index contributed by atoms with van der Waals surface area (Å²) in [7, 11) is 4.04. The van der Waals surface area contributed by atoms with Crippen molar-refractivity contribution >= 4 is 45.1 Å². The Bertz CT molecular complexity index is 219. The molecule has 2 saturated heterocycles. The van der Waals surface area contributed by atoms with Crippen LogP contribution in [0.1, 0.15) is 0 Å². The fraction of sp³-hybridized carbons (Fsp3) is 0.667. The van der Waals surface area contributed by atoms with Crippen molar-refractivity contribution in [3.05, 3.63) is 25.3 Å². The van der Waals surface area contributed by atoms with Gasteiger partial charge in [0.15, 0.2) is 0 Å². The lowest BCUT2D eigenvalue weighted by Crippen LogP contribution is -2.30. The normalized spacial score (nSPS) is 25.2. The van der Waals surface area contributed by atoms with Crippen molar-refractivity contribution in [2.24, 2.45) is 11.8 Å². The molecule has 0 spiro atoms. The molecule has 16 heavy (non-hydrogen) atoms. The fourth-order valence-corrected chi connectivity index (χ4v) is 7.27. The van der Waals surface area contributed by atoms with Gasteiger partial charge in [-0.3, -0.25) is 0 Å². The zero-order valence-electron chi connectivity index (χ0n) is 9.34. The maximum atomic E-state index is 3.97. The van der Waals surface area contributed by atoms with E-state index in [0.717, 1.165) is 11.8 Å². The van der Waals surface area contributed by atoms with Crippen LogP contribution in [-0.2, 0) is 0 Å². The third-order valence-electron chi connectivity index (χ3n) is 3.00. The highest BCUT2D eigenvalue weighted by Gasteiger charge is 2.30. The van der Waals surface area contributed by atoms with Crippen LogP contribution >= 0.6 is 45.1 Å². The highest BCUT2D eigenvalue weighted by Crippen LogP contribution is 2.45. The molecule has 2 unspecified atom stereocenters. The quantitative estimate of drug-likeness (QED) is 0.509. The highest BCUT2D eigenvalue weighted by atomic mass is 33.1. The summed E-state index contributed by atoms with van der Waals surface area (Å²) in [5.41, 5.74) is 0. The summed E-state index contributed by atoms with van der Waals surface area (Å²) >= 11 is 4.11. The summed E-state index contributed by atoms with van der Waals surface area (Å²) in [6, 6.07) is 0. The third kappa shape index (κ3) is 3.21. The Balaban J connectivity index is 1.74. The van der Waals surface area contributed by atoms with Gasteiger partial charge in [0.1, 0.15) is 0 Å². The highest BCUT2D eigenvalue weighted by molar-refractivity contribution is 8.77. The Kier molecular flexibility index (Phi) is 5.59. The molecule has 2 atom stereocenters. The molecule has 0 bridgehead atoms. The molecule has 0 N–H and O–H groups in total. The third-order valence-corrected chi connectivity index (χ3v) is 9.03. The molecule has 0 nitrogen and oxygen atoms in total. The SMILES string of the molecule is C=CC(SSC(C=C)C1CSC1)C1CSC1. The van der Waals surface area contributed by atoms with Crippen LogP contribution in [0, 0.1) is 11.8 Å². The van der Waals surface area contributed by atoms with E-state index in [-0.39, 0.29) is 0 Å². The van der Waals surface area contributed by atoms with Crippen molar-refractivity contribution in [1.82, 2.24) is 0 Å². The Morgan fingerprint density at radius 1 is 0.875 bits per heavy atom. The Hall–Kier alpha value is 0.880. The van der Waals surface area contributed by atoms with E-state index in [4.69, 9.17) is 0 Å². The maximum Gasteiger partial charge on any atom is 0.0372 e. The smallest absolute Gasteiger partial charge is 0.0372 e. The van der Waals surface area contributed by atoms with Crippen molar-refractivity contribution in [3.8, 4) is 0 Å². The molecule has 0 radical (unpaired) electrons. The van der Waals surface area contributed by atoms with E-state index in [1.54, 1.807) is 0 Å². The average molecular weight is 291 g/mol. The van der Waals surface area contributed by atoms with Gasteiger partial charge in [-0.2, -0.15) is 23.5 Å². The van der Waals surface area contributed by atoms with E-state index in [9.17, 15) is 0 Å². The van der Waals surface area contributed by atoms with Crippen molar-refractivity contribution in [3.63, 3.8) is 0 Å². The molecule has 2 fully saturated rings. The first-order chi connectivity index (χ1) is 7.85. The van der Waals surface area contributed by atoms with Crippen LogP contribution < -0.4 is 0 Å². The Labute approximate surface area is 115 Å². The minimum atomic E-state index is 0.640. The minimum Gasteiger partial charge on any atom is -0.161 e. The topological polar surface area (TPSA) is 0 Å². The Morgan fingerprint density at radius 3 is 1.44 bits per heavy atom. The molecule has 90 valence electrons. The Morgan fingerprint density at radius 2 is 1.25 bits per heavy atom. The molecule has 2 aliphatic heterocycles. The lowest BCUT2D eigenvalue weighted by Gasteiger charge is -2.34. The summed E-state index contributed by atoms with van der Waals surface area (Å²) in [5.74, 6) is 7.01. The second-order valence-corrected chi connectivity index (χ2v) is 8.97. The first-order valence-corrected chi connectivity index (χ1v) is 10.2. The predicted molar refractivity (Wildman–Crippen MR) is 84.8 cm³/mol. The van der Waals surface area contributed by atoms with Crippen molar-refractivity contribution in [2.75, 3.05) is 23.0 Å². The molecule has 0 saturated carbocycles. The number of rotatable bonds is 7. The standard InChI is InChI=1S/C12H18S4/c1-3-11(9-5-13-6-9)15-16-12(4-2)10-7-14-8-10/h3-4,9-12H,1-2,5-8H2. The van der Waals surface area contributed by atoms with Gasteiger partial charge in [0.05, 0.1) is 0 Å². The van der Waals surface area contributed by atoms with Crippen LogP contribution in [0.25, 0.3) is 0 Å². The van der Waals surface area contributed by atoms with E-state index >= 15 is 0 Å². The lowest BCUT2D eigenvalue weighted by molar-refractivity contribution is 0.666. The summed E-state index contributed by atoms with van der Waals surface area (Å²) in [6.45, 7) is 7.95. The van der Waals surface area contributed by atoms with Crippen molar-refractivity contribution < 1.29 is 0 Å². The summed E-state index contributed by atoms with van der Waals surface area (Å²) in [6.07, 6.45) is 4.27. The van der Waals surface area contributed by atoms with Gasteiger partial charge in [0, 0.05) is 10.5 Å². The van der Waals surface area contributed by atoms with Gasteiger partial charge in [-0.15, -0.1) is 13.2 Å². The molecular weight excluding hydrogens is 272 g/mol. The molecule has 0 aromatic carbocycles. The fourth-order valence-electron chi connectivity index (χ4n) is 1.64. The van der Waals surface area contributed by atoms with Crippen molar-refractivity contribution in [1.29, 1.82) is 0 Å². The molecule has 0 amide bonds. The van der Waals surface area contributed by atoms with E-state index in [2.05, 4.69) is 48.8 Å². The molecule has 2 heterocycles. The maximum absolute atomic E-state index is 3.97. The number of thioether (sulfide) groups is 2. The van der Waals surface area contributed by atoms with Gasteiger partial charge in [0.2, 0.25) is 0 Å². The zero-order valence-corrected chi connectivity index (χ0v) is 12.6. The van der Waals surface area contributed by atoms with Crippen LogP contribution in [0.5, 0.6) is 0 Å². The van der Waals surface area contributed by atoms with Gasteiger partial charge in [-0.25, -0.2) is 0 Å². The van der Waals surface area contributed by atoms with Gasteiger partial charge in [-0.1, -0.05) is 33.7 Å². The summed E-state index contributed by atoms with van der Waals surface area (Å²) in [5, 5.41) is 1.28. The van der Waals surface area contributed by atoms with Gasteiger partial charge >= 0.3 is 0 Å². The lowest BCUT2D eigenvalue weighted by atomic mass is 10.1. The molecule has 0 aliphatic carbocycles. The van der Waals surface area contributed by atoms with Gasteiger partial charge in [0.25, 0.3) is 0 Å². The van der Waals surface area contributed by atoms with Crippen LogP contribution in [-0.4, -0.2) is 33.5 Å². The first-order valence-electron chi connectivity index (χ1n) is 5.58. The van der Waals surface area contributed by atoms with Crippen LogP contribution in [0.15, 0.2) is 25.3 Å². The number of hydrogen-bond donors (Lipinski definition) is 0. The summed E-state index contributed by atoms with van der Waals surface area (Å²) in [4.78, 5) is 0. The van der Waals surface area contributed by atoms with E-state index < -0.39 is 0 Å². The van der Waals surface area contributed by atoms with Crippen LogP contribution in [0.2, 0.25) is 0 Å². The average Bonchev–Trinajstić information content (AvgIpc) is 2.15. The van der Waals surface area contributed by atoms with Gasteiger partial charge < -0.3 is 0 Å². The molecule has 4 heteroatoms. The zero-order chi connectivity index (χ0) is 11.4. The van der Waals surface area contributed by atoms with E-state index in [1.165, 1.54) is 23.0 Å². The van der Waals surface area contributed by atoms with Gasteiger partial charge in [-0.05, 0) is 34.8 Å². The molecular formula is C12H18S4. The van der Waals surface area contributed by atoms with Crippen LogP contribution in [0.3, 0.4) is 0 Å². The molecule has 0 aromatic heterocycles. The second kappa shape index (κ2) is 6.72.